The lowest BCUT2D eigenvalue weighted by molar-refractivity contribution is -0.118. The Labute approximate surface area is 113 Å². The van der Waals surface area contributed by atoms with Crippen LogP contribution in [0.25, 0.3) is 0 Å². The average molecular weight is 285 g/mol. The van der Waals surface area contributed by atoms with Gasteiger partial charge >= 0.3 is 0 Å². The molecule has 19 heavy (non-hydrogen) atoms. The number of pyridine rings is 1. The molecule has 0 unspecified atom stereocenters. The molecule has 0 aliphatic carbocycles. The fourth-order valence-corrected chi connectivity index (χ4v) is 1.97. The number of carbonyl (C=O) groups is 1. The predicted molar refractivity (Wildman–Crippen MR) is 73.4 cm³/mol. The molecule has 6 nitrogen and oxygen atoms in total. The van der Waals surface area contributed by atoms with E-state index in [2.05, 4.69) is 10.3 Å². The number of nitrogens with zero attached hydrogens (tertiary/aromatic N) is 1. The number of sulfone groups is 1. The molecule has 0 aliphatic heterocycles. The van der Waals surface area contributed by atoms with Crippen molar-refractivity contribution < 1.29 is 13.2 Å². The van der Waals surface area contributed by atoms with Gasteiger partial charge in [-0.3, -0.25) is 4.79 Å². The molecule has 1 rings (SSSR count). The van der Waals surface area contributed by atoms with E-state index < -0.39 is 15.9 Å². The summed E-state index contributed by atoms with van der Waals surface area (Å²) in [5, 5.41) is 2.58. The highest BCUT2D eigenvalue weighted by molar-refractivity contribution is 7.90. The van der Waals surface area contributed by atoms with E-state index in [1.54, 1.807) is 0 Å². The Morgan fingerprint density at radius 2 is 2.11 bits per heavy atom. The van der Waals surface area contributed by atoms with Gasteiger partial charge in [-0.15, -0.1) is 0 Å². The molecule has 1 amide bonds. The fourth-order valence-electron chi connectivity index (χ4n) is 1.41. The zero-order valence-corrected chi connectivity index (χ0v) is 12.1. The second-order valence-corrected chi connectivity index (χ2v) is 6.52. The first-order valence-corrected chi connectivity index (χ1v) is 7.87. The van der Waals surface area contributed by atoms with Crippen LogP contribution in [0, 0.1) is 5.92 Å². The van der Waals surface area contributed by atoms with Crippen LogP contribution in [0.3, 0.4) is 0 Å². The molecule has 106 valence electrons. The van der Waals surface area contributed by atoms with E-state index in [9.17, 15) is 13.2 Å². The molecular formula is C12H19N3O3S. The second-order valence-electron chi connectivity index (χ2n) is 4.56. The number of anilines is 1. The van der Waals surface area contributed by atoms with Crippen LogP contribution in [-0.2, 0) is 14.6 Å². The minimum absolute atomic E-state index is 0.0308. The van der Waals surface area contributed by atoms with E-state index in [-0.39, 0.29) is 16.9 Å². The van der Waals surface area contributed by atoms with Crippen LogP contribution in [0.1, 0.15) is 20.3 Å². The zero-order chi connectivity index (χ0) is 14.6. The topological polar surface area (TPSA) is 102 Å². The van der Waals surface area contributed by atoms with Crippen molar-refractivity contribution in [3.8, 4) is 0 Å². The summed E-state index contributed by atoms with van der Waals surface area (Å²) in [6, 6.07) is 2.24. The Morgan fingerprint density at radius 1 is 1.47 bits per heavy atom. The lowest BCUT2D eigenvalue weighted by Crippen LogP contribution is -2.40. The summed E-state index contributed by atoms with van der Waals surface area (Å²) in [5.74, 6) is -0.230. The van der Waals surface area contributed by atoms with Crippen LogP contribution in [0.5, 0.6) is 0 Å². The molecule has 0 saturated carbocycles. The van der Waals surface area contributed by atoms with Crippen molar-refractivity contribution in [1.82, 2.24) is 4.98 Å². The number of hydrogen-bond acceptors (Lipinski definition) is 5. The van der Waals surface area contributed by atoms with Gasteiger partial charge in [0, 0.05) is 6.26 Å². The normalized spacial score (nSPS) is 14.7. The third kappa shape index (κ3) is 4.29. The molecule has 3 N–H and O–H groups in total. The van der Waals surface area contributed by atoms with Crippen molar-refractivity contribution >= 4 is 21.4 Å². The van der Waals surface area contributed by atoms with Crippen LogP contribution < -0.4 is 11.1 Å². The SMILES string of the molecule is CC[C@H](C)[C@H](N)C(=O)Nc1ccc(S(C)(=O)=O)nc1. The first-order chi connectivity index (χ1) is 8.75. The molecule has 0 bridgehead atoms. The van der Waals surface area contributed by atoms with Crippen molar-refractivity contribution in [3.63, 3.8) is 0 Å². The molecule has 0 spiro atoms. The summed E-state index contributed by atoms with van der Waals surface area (Å²) < 4.78 is 22.5. The summed E-state index contributed by atoms with van der Waals surface area (Å²) in [5.41, 5.74) is 6.22. The number of hydrogen-bond donors (Lipinski definition) is 2. The number of nitrogens with two attached hydrogens (primary N) is 1. The second kappa shape index (κ2) is 6.12. The van der Waals surface area contributed by atoms with Crippen LogP contribution in [0.4, 0.5) is 5.69 Å². The Hall–Kier alpha value is -1.47. The molecular weight excluding hydrogens is 266 g/mol. The van der Waals surface area contributed by atoms with Crippen LogP contribution in [0.15, 0.2) is 23.4 Å². The van der Waals surface area contributed by atoms with E-state index in [1.165, 1.54) is 18.3 Å². The smallest absolute Gasteiger partial charge is 0.241 e. The Kier molecular flexibility index (Phi) is 5.02. The lowest BCUT2D eigenvalue weighted by Gasteiger charge is -2.17. The van der Waals surface area contributed by atoms with Gasteiger partial charge in [-0.25, -0.2) is 13.4 Å². The fraction of sp³-hybridized carbons (Fsp3) is 0.500. The monoisotopic (exact) mass is 285 g/mol. The van der Waals surface area contributed by atoms with E-state index in [1.807, 2.05) is 13.8 Å². The van der Waals surface area contributed by atoms with E-state index in [0.717, 1.165) is 12.7 Å². The molecule has 1 heterocycles. The molecule has 7 heteroatoms. The summed E-state index contributed by atoms with van der Waals surface area (Å²) in [4.78, 5) is 15.6. The third-order valence-corrected chi connectivity index (χ3v) is 3.94. The quantitative estimate of drug-likeness (QED) is 0.833. The van der Waals surface area contributed by atoms with Gasteiger partial charge in [0.2, 0.25) is 5.91 Å². The minimum atomic E-state index is -3.33. The highest BCUT2D eigenvalue weighted by Crippen LogP contribution is 2.12. The number of carbonyl (C=O) groups excluding carboxylic acids is 1. The maximum Gasteiger partial charge on any atom is 0.241 e. The number of aromatic nitrogens is 1. The number of rotatable bonds is 5. The van der Waals surface area contributed by atoms with Crippen LogP contribution in [0.2, 0.25) is 0 Å². The van der Waals surface area contributed by atoms with Crippen molar-refractivity contribution in [3.05, 3.63) is 18.3 Å². The van der Waals surface area contributed by atoms with E-state index in [4.69, 9.17) is 5.73 Å². The number of nitrogens with one attached hydrogen (secondary N) is 1. The van der Waals surface area contributed by atoms with Gasteiger partial charge in [-0.2, -0.15) is 0 Å². The van der Waals surface area contributed by atoms with Gasteiger partial charge in [0.05, 0.1) is 17.9 Å². The maximum absolute atomic E-state index is 11.8. The van der Waals surface area contributed by atoms with Crippen molar-refractivity contribution in [2.24, 2.45) is 11.7 Å². The summed E-state index contributed by atoms with van der Waals surface area (Å²) >= 11 is 0. The summed E-state index contributed by atoms with van der Waals surface area (Å²) in [6.45, 7) is 3.86. The zero-order valence-electron chi connectivity index (χ0n) is 11.3. The molecule has 0 aromatic carbocycles. The first kappa shape index (κ1) is 15.6. The molecule has 2 atom stereocenters. The van der Waals surface area contributed by atoms with Gasteiger partial charge < -0.3 is 11.1 Å². The summed E-state index contributed by atoms with van der Waals surface area (Å²) in [6.07, 6.45) is 3.18. The summed E-state index contributed by atoms with van der Waals surface area (Å²) in [7, 11) is -3.33. The third-order valence-electron chi connectivity index (χ3n) is 2.94. The molecule has 1 aromatic heterocycles. The van der Waals surface area contributed by atoms with E-state index >= 15 is 0 Å². The van der Waals surface area contributed by atoms with Crippen LogP contribution in [-0.4, -0.2) is 31.6 Å². The standard InChI is InChI=1S/C12H19N3O3S/c1-4-8(2)11(13)12(16)15-9-5-6-10(14-7-9)19(3,17)18/h5-8,11H,4,13H2,1-3H3,(H,15,16)/t8-,11-/m0/s1. The van der Waals surface area contributed by atoms with Gasteiger partial charge in [0.25, 0.3) is 0 Å². The number of amides is 1. The lowest BCUT2D eigenvalue weighted by atomic mass is 9.99. The largest absolute Gasteiger partial charge is 0.323 e. The van der Waals surface area contributed by atoms with Gasteiger partial charge in [-0.1, -0.05) is 20.3 Å². The highest BCUT2D eigenvalue weighted by atomic mass is 32.2. The van der Waals surface area contributed by atoms with Gasteiger partial charge in [0.15, 0.2) is 14.9 Å². The molecule has 0 fully saturated rings. The first-order valence-electron chi connectivity index (χ1n) is 5.98. The Bertz CT molecular complexity index is 540. The average Bonchev–Trinajstić information content (AvgIpc) is 2.36. The predicted octanol–water partition coefficient (Wildman–Crippen LogP) is 0.797. The Balaban J connectivity index is 2.76. The molecule has 1 aromatic rings. The Morgan fingerprint density at radius 3 is 2.53 bits per heavy atom. The van der Waals surface area contributed by atoms with Crippen molar-refractivity contribution in [2.75, 3.05) is 11.6 Å². The van der Waals surface area contributed by atoms with Crippen molar-refractivity contribution in [1.29, 1.82) is 0 Å². The van der Waals surface area contributed by atoms with E-state index in [0.29, 0.717) is 5.69 Å². The van der Waals surface area contributed by atoms with Gasteiger partial charge in [0.1, 0.15) is 0 Å². The van der Waals surface area contributed by atoms with Crippen molar-refractivity contribution in [2.45, 2.75) is 31.3 Å². The molecule has 0 saturated heterocycles. The maximum atomic E-state index is 11.8. The molecule has 0 radical (unpaired) electrons. The van der Waals surface area contributed by atoms with Crippen LogP contribution >= 0.6 is 0 Å². The molecule has 0 aliphatic rings. The highest BCUT2D eigenvalue weighted by Gasteiger charge is 2.19. The minimum Gasteiger partial charge on any atom is -0.323 e. The van der Waals surface area contributed by atoms with Gasteiger partial charge in [-0.05, 0) is 18.1 Å².